The van der Waals surface area contributed by atoms with Crippen LogP contribution in [0.25, 0.3) is 0 Å². The Hall–Kier alpha value is -1.03. The monoisotopic (exact) mass is 325 g/mol. The highest BCUT2D eigenvalue weighted by Gasteiger charge is 2.06. The van der Waals surface area contributed by atoms with Gasteiger partial charge in [0.15, 0.2) is 0 Å². The number of aryl methyl sites for hydroxylation is 1. The van der Waals surface area contributed by atoms with Gasteiger partial charge in [0.25, 0.3) is 0 Å². The van der Waals surface area contributed by atoms with Gasteiger partial charge in [-0.1, -0.05) is 39.7 Å². The third kappa shape index (κ3) is 3.05. The normalized spacial score (nSPS) is 10.4. The molecule has 4 heteroatoms. The highest BCUT2D eigenvalue weighted by atomic mass is 79.9. The van der Waals surface area contributed by atoms with Gasteiger partial charge >= 0.3 is 0 Å². The number of rotatable bonds is 3. The van der Waals surface area contributed by atoms with E-state index in [1.165, 1.54) is 0 Å². The fourth-order valence-electron chi connectivity index (χ4n) is 1.56. The van der Waals surface area contributed by atoms with Crippen molar-refractivity contribution >= 4 is 27.5 Å². The molecule has 2 N–H and O–H groups in total. The van der Waals surface area contributed by atoms with Crippen LogP contribution in [0.1, 0.15) is 11.1 Å². The van der Waals surface area contributed by atoms with Crippen LogP contribution in [0.4, 0.5) is 0 Å². The molecule has 0 unspecified atom stereocenters. The summed E-state index contributed by atoms with van der Waals surface area (Å²) in [5.41, 5.74) is 7.70. The van der Waals surface area contributed by atoms with Gasteiger partial charge in [-0.3, -0.25) is 0 Å². The van der Waals surface area contributed by atoms with Gasteiger partial charge in [0.1, 0.15) is 11.5 Å². The standard InChI is InChI=1S/C14H13BrClNO/c1-9-2-3-10(8-17)6-14(9)18-13-5-4-11(15)7-12(13)16/h2-7H,8,17H2,1H3. The predicted octanol–water partition coefficient (Wildman–Crippen LogP) is 4.66. The van der Waals surface area contributed by atoms with Crippen LogP contribution in [-0.4, -0.2) is 0 Å². The zero-order valence-electron chi connectivity index (χ0n) is 9.91. The van der Waals surface area contributed by atoms with E-state index >= 15 is 0 Å². The van der Waals surface area contributed by atoms with Gasteiger partial charge in [-0.2, -0.15) is 0 Å². The van der Waals surface area contributed by atoms with Crippen LogP contribution in [-0.2, 0) is 6.54 Å². The van der Waals surface area contributed by atoms with Gasteiger partial charge in [-0.05, 0) is 42.3 Å². The minimum absolute atomic E-state index is 0.491. The molecule has 94 valence electrons. The summed E-state index contributed by atoms with van der Waals surface area (Å²) in [4.78, 5) is 0. The molecule has 0 atom stereocenters. The summed E-state index contributed by atoms with van der Waals surface area (Å²) in [5.74, 6) is 1.42. The van der Waals surface area contributed by atoms with E-state index in [4.69, 9.17) is 22.1 Å². The second-order valence-electron chi connectivity index (χ2n) is 3.98. The summed E-state index contributed by atoms with van der Waals surface area (Å²) < 4.78 is 6.75. The van der Waals surface area contributed by atoms with Crippen LogP contribution in [0.15, 0.2) is 40.9 Å². The summed E-state index contributed by atoms with van der Waals surface area (Å²) in [7, 11) is 0. The molecule has 0 saturated heterocycles. The molecule has 18 heavy (non-hydrogen) atoms. The van der Waals surface area contributed by atoms with Crippen LogP contribution in [0.3, 0.4) is 0 Å². The zero-order chi connectivity index (χ0) is 13.1. The Bertz CT molecular complexity index is 572. The van der Waals surface area contributed by atoms with Gasteiger partial charge in [0.05, 0.1) is 5.02 Å². The topological polar surface area (TPSA) is 35.2 Å². The maximum absolute atomic E-state index is 6.13. The van der Waals surface area contributed by atoms with Gasteiger partial charge in [-0.15, -0.1) is 0 Å². The third-order valence-electron chi connectivity index (χ3n) is 2.60. The molecule has 0 saturated carbocycles. The highest BCUT2D eigenvalue weighted by molar-refractivity contribution is 9.10. The summed E-state index contributed by atoms with van der Waals surface area (Å²) in [6.07, 6.45) is 0. The lowest BCUT2D eigenvalue weighted by Crippen LogP contribution is -1.97. The Morgan fingerprint density at radius 3 is 2.61 bits per heavy atom. The minimum Gasteiger partial charge on any atom is -0.456 e. The van der Waals surface area contributed by atoms with Crippen LogP contribution in [0, 0.1) is 6.92 Å². The number of hydrogen-bond acceptors (Lipinski definition) is 2. The molecule has 0 radical (unpaired) electrons. The molecule has 0 heterocycles. The number of hydrogen-bond donors (Lipinski definition) is 1. The number of benzene rings is 2. The first-order valence-electron chi connectivity index (χ1n) is 5.52. The maximum Gasteiger partial charge on any atom is 0.146 e. The third-order valence-corrected chi connectivity index (χ3v) is 3.39. The first kappa shape index (κ1) is 13.4. The second kappa shape index (κ2) is 5.74. The van der Waals surface area contributed by atoms with Gasteiger partial charge in [0.2, 0.25) is 0 Å². The molecule has 2 aromatic rings. The van der Waals surface area contributed by atoms with Crippen LogP contribution < -0.4 is 10.5 Å². The predicted molar refractivity (Wildman–Crippen MR) is 78.3 cm³/mol. The number of ether oxygens (including phenoxy) is 1. The van der Waals surface area contributed by atoms with Crippen molar-refractivity contribution in [2.75, 3.05) is 0 Å². The Kier molecular flexibility index (Phi) is 4.27. The average molecular weight is 327 g/mol. The van der Waals surface area contributed by atoms with Crippen molar-refractivity contribution in [2.24, 2.45) is 5.73 Å². The van der Waals surface area contributed by atoms with Crippen molar-refractivity contribution in [3.63, 3.8) is 0 Å². The minimum atomic E-state index is 0.491. The van der Waals surface area contributed by atoms with E-state index in [9.17, 15) is 0 Å². The molecular weight excluding hydrogens is 314 g/mol. The lowest BCUT2D eigenvalue weighted by atomic mass is 10.1. The smallest absolute Gasteiger partial charge is 0.146 e. The van der Waals surface area contributed by atoms with E-state index in [2.05, 4.69) is 15.9 Å². The first-order valence-corrected chi connectivity index (χ1v) is 6.70. The fraction of sp³-hybridized carbons (Fsp3) is 0.143. The molecule has 0 aromatic heterocycles. The van der Waals surface area contributed by atoms with E-state index in [0.717, 1.165) is 21.3 Å². The quantitative estimate of drug-likeness (QED) is 0.890. The first-order chi connectivity index (χ1) is 8.60. The summed E-state index contributed by atoms with van der Waals surface area (Å²) in [5, 5.41) is 0.571. The number of halogens is 2. The summed E-state index contributed by atoms with van der Waals surface area (Å²) >= 11 is 9.49. The molecule has 2 rings (SSSR count). The van der Waals surface area contributed by atoms with Gasteiger partial charge in [0, 0.05) is 11.0 Å². The molecule has 0 amide bonds. The Balaban J connectivity index is 2.33. The molecule has 0 fully saturated rings. The lowest BCUT2D eigenvalue weighted by Gasteiger charge is -2.11. The average Bonchev–Trinajstić information content (AvgIpc) is 2.35. The van der Waals surface area contributed by atoms with E-state index in [0.29, 0.717) is 17.3 Å². The SMILES string of the molecule is Cc1ccc(CN)cc1Oc1ccc(Br)cc1Cl. The molecule has 2 aromatic carbocycles. The second-order valence-corrected chi connectivity index (χ2v) is 5.30. The largest absolute Gasteiger partial charge is 0.456 e. The number of nitrogens with two attached hydrogens (primary N) is 1. The van der Waals surface area contributed by atoms with Crippen molar-refractivity contribution < 1.29 is 4.74 Å². The molecule has 0 bridgehead atoms. The Morgan fingerprint density at radius 2 is 1.94 bits per heavy atom. The molecule has 0 aliphatic rings. The zero-order valence-corrected chi connectivity index (χ0v) is 12.3. The Labute approximate surface area is 120 Å². The lowest BCUT2D eigenvalue weighted by molar-refractivity contribution is 0.478. The van der Waals surface area contributed by atoms with Gasteiger partial charge in [-0.25, -0.2) is 0 Å². The van der Waals surface area contributed by atoms with Crippen LogP contribution in [0.2, 0.25) is 5.02 Å². The van der Waals surface area contributed by atoms with E-state index in [1.807, 2.05) is 37.3 Å². The van der Waals surface area contributed by atoms with E-state index in [1.54, 1.807) is 6.07 Å². The molecule has 2 nitrogen and oxygen atoms in total. The van der Waals surface area contributed by atoms with Crippen molar-refractivity contribution in [1.82, 2.24) is 0 Å². The van der Waals surface area contributed by atoms with Crippen molar-refractivity contribution in [1.29, 1.82) is 0 Å². The highest BCUT2D eigenvalue weighted by Crippen LogP contribution is 2.33. The van der Waals surface area contributed by atoms with Crippen molar-refractivity contribution in [3.05, 3.63) is 57.0 Å². The fourth-order valence-corrected chi connectivity index (χ4v) is 2.27. The van der Waals surface area contributed by atoms with E-state index < -0.39 is 0 Å². The molecule has 0 spiro atoms. The van der Waals surface area contributed by atoms with Crippen molar-refractivity contribution in [2.45, 2.75) is 13.5 Å². The molecule has 0 aliphatic heterocycles. The maximum atomic E-state index is 6.13. The summed E-state index contributed by atoms with van der Waals surface area (Å²) in [6, 6.07) is 11.5. The van der Waals surface area contributed by atoms with Crippen LogP contribution >= 0.6 is 27.5 Å². The summed E-state index contributed by atoms with van der Waals surface area (Å²) in [6.45, 7) is 2.48. The van der Waals surface area contributed by atoms with Gasteiger partial charge < -0.3 is 10.5 Å². The molecule has 0 aliphatic carbocycles. The van der Waals surface area contributed by atoms with Crippen molar-refractivity contribution in [3.8, 4) is 11.5 Å². The van der Waals surface area contributed by atoms with Crippen LogP contribution in [0.5, 0.6) is 11.5 Å². The van der Waals surface area contributed by atoms with E-state index in [-0.39, 0.29) is 0 Å². The molecular formula is C14H13BrClNO. The Morgan fingerprint density at radius 1 is 1.17 bits per heavy atom.